The maximum absolute atomic E-state index is 13.1. The number of fused-ring (bicyclic) bond motifs is 2. The van der Waals surface area contributed by atoms with E-state index in [1.165, 1.54) is 35.5 Å². The van der Waals surface area contributed by atoms with E-state index in [0.29, 0.717) is 17.1 Å². The molecular weight excluding hydrogens is 570 g/mol. The van der Waals surface area contributed by atoms with Crippen molar-refractivity contribution in [3.63, 3.8) is 0 Å². The quantitative estimate of drug-likeness (QED) is 0.129. The van der Waals surface area contributed by atoms with E-state index < -0.39 is 29.2 Å². The van der Waals surface area contributed by atoms with Crippen LogP contribution in [0.1, 0.15) is 5.82 Å². The van der Waals surface area contributed by atoms with E-state index in [4.69, 9.17) is 15.7 Å². The standard InChI is InChI=1S/C21H23N9O6S3/c1-36-26-13(16-24-21(22)39-27-16)17(32)23-14-18(33)30-15(20(34)35)10(9-38-19(14)30)8-28-4-5-29-12(28)3-2-11(25-29)37-7-6-31/h2-5,14,19,25,31H,6-9H2,1H3,(H,23,32)(H,34,35)(H2,22,24,27)/b26-13-/t14-,19+/m1/s1. The summed E-state index contributed by atoms with van der Waals surface area (Å²) < 4.78 is 3.96. The van der Waals surface area contributed by atoms with Gasteiger partial charge in [0.15, 0.2) is 5.13 Å². The summed E-state index contributed by atoms with van der Waals surface area (Å²) in [6, 6.07) is -0.969. The van der Waals surface area contributed by atoms with Crippen molar-refractivity contribution in [2.75, 3.05) is 37.5 Å². The Hall–Kier alpha value is -3.74. The van der Waals surface area contributed by atoms with Gasteiger partial charge in [0.1, 0.15) is 30.0 Å². The summed E-state index contributed by atoms with van der Waals surface area (Å²) in [5.41, 5.74) is 9.02. The molecule has 1 saturated heterocycles. The van der Waals surface area contributed by atoms with Gasteiger partial charge >= 0.3 is 5.97 Å². The van der Waals surface area contributed by atoms with Gasteiger partial charge < -0.3 is 31.0 Å². The zero-order valence-corrected chi connectivity index (χ0v) is 22.8. The maximum Gasteiger partial charge on any atom is 0.352 e. The molecule has 4 aliphatic rings. The van der Waals surface area contributed by atoms with E-state index in [0.717, 1.165) is 22.4 Å². The summed E-state index contributed by atoms with van der Waals surface area (Å²) >= 11 is 3.71. The van der Waals surface area contributed by atoms with Crippen molar-refractivity contribution in [2.24, 2.45) is 5.16 Å². The van der Waals surface area contributed by atoms with Crippen LogP contribution in [0.5, 0.6) is 0 Å². The lowest BCUT2D eigenvalue weighted by Gasteiger charge is -2.49. The first-order valence-electron chi connectivity index (χ1n) is 11.4. The average Bonchev–Trinajstić information content (AvgIpc) is 3.54. The summed E-state index contributed by atoms with van der Waals surface area (Å²) in [4.78, 5) is 50.0. The summed E-state index contributed by atoms with van der Waals surface area (Å²) in [5, 5.41) is 27.5. The third-order valence-electron chi connectivity index (χ3n) is 5.85. The number of oxime groups is 1. The molecule has 0 saturated carbocycles. The molecule has 5 heterocycles. The van der Waals surface area contributed by atoms with E-state index in [-0.39, 0.29) is 35.5 Å². The van der Waals surface area contributed by atoms with Crippen LogP contribution in [-0.4, -0.2) is 101 Å². The van der Waals surface area contributed by atoms with Gasteiger partial charge in [-0.3, -0.25) is 19.9 Å². The largest absolute Gasteiger partial charge is 0.477 e. The third-order valence-corrected chi connectivity index (χ3v) is 8.66. The number of hydrogen-bond donors (Lipinski definition) is 5. The van der Waals surface area contributed by atoms with E-state index in [9.17, 15) is 19.5 Å². The molecule has 1 aromatic rings. The van der Waals surface area contributed by atoms with Crippen molar-refractivity contribution in [3.8, 4) is 0 Å². The number of allylic oxidation sites excluding steroid dienone is 2. The topological polar surface area (TPSA) is 199 Å². The van der Waals surface area contributed by atoms with Crippen LogP contribution >= 0.6 is 35.1 Å². The number of rotatable bonds is 10. The Morgan fingerprint density at radius 1 is 1.38 bits per heavy atom. The lowest BCUT2D eigenvalue weighted by Crippen LogP contribution is -2.71. The number of carbonyl (C=O) groups is 3. The predicted octanol–water partition coefficient (Wildman–Crippen LogP) is -0.775. The first-order valence-corrected chi connectivity index (χ1v) is 14.2. The monoisotopic (exact) mass is 593 g/mol. The second-order valence-electron chi connectivity index (χ2n) is 8.23. The minimum atomic E-state index is -1.23. The second kappa shape index (κ2) is 11.2. The number of nitrogens with one attached hydrogen (secondary N) is 2. The molecule has 1 fully saturated rings. The highest BCUT2D eigenvalue weighted by Crippen LogP contribution is 2.41. The molecule has 0 unspecified atom stereocenters. The SMILES string of the molecule is CO/N=C(\C(=O)N[C@@H]1C(=O)N2C(C(=O)O)=C(CN3C=CN4NC(SCCO)=CC=C34)CS[C@@H]12)c1nsc(N)n1. The van der Waals surface area contributed by atoms with Gasteiger partial charge in [-0.25, -0.2) is 9.80 Å². The van der Waals surface area contributed by atoms with Crippen molar-refractivity contribution < 1.29 is 29.4 Å². The number of nitrogens with zero attached hydrogens (tertiary/aromatic N) is 6. The van der Waals surface area contributed by atoms with E-state index in [1.54, 1.807) is 5.01 Å². The van der Waals surface area contributed by atoms with Gasteiger partial charge in [-0.2, -0.15) is 9.36 Å². The maximum atomic E-state index is 13.1. The number of amides is 2. The third kappa shape index (κ3) is 5.14. The lowest BCUT2D eigenvalue weighted by molar-refractivity contribution is -0.150. The van der Waals surface area contributed by atoms with Crippen molar-refractivity contribution in [1.29, 1.82) is 0 Å². The van der Waals surface area contributed by atoms with Gasteiger partial charge in [0.2, 0.25) is 11.5 Å². The van der Waals surface area contributed by atoms with Crippen LogP contribution in [0.25, 0.3) is 0 Å². The van der Waals surface area contributed by atoms with Gasteiger partial charge in [0, 0.05) is 42.0 Å². The van der Waals surface area contributed by atoms with Gasteiger partial charge in [-0.15, -0.1) is 23.5 Å². The Bertz CT molecular complexity index is 1360. The van der Waals surface area contributed by atoms with Crippen LogP contribution in [0.4, 0.5) is 5.13 Å². The molecule has 0 bridgehead atoms. The molecule has 18 heteroatoms. The molecule has 2 amide bonds. The molecule has 1 aromatic heterocycles. The Kier molecular flexibility index (Phi) is 7.69. The molecule has 0 aliphatic carbocycles. The highest BCUT2D eigenvalue weighted by atomic mass is 32.2. The number of aliphatic hydroxyl groups excluding tert-OH is 1. The van der Waals surface area contributed by atoms with Crippen LogP contribution in [0, 0.1) is 0 Å². The fourth-order valence-corrected chi connectivity index (χ4v) is 6.62. The van der Waals surface area contributed by atoms with Crippen LogP contribution in [0.15, 0.2) is 51.8 Å². The molecule has 0 aromatic carbocycles. The number of aromatic nitrogens is 2. The predicted molar refractivity (Wildman–Crippen MR) is 144 cm³/mol. The van der Waals surface area contributed by atoms with Gasteiger partial charge in [-0.05, 0) is 17.7 Å². The first kappa shape index (κ1) is 26.9. The van der Waals surface area contributed by atoms with Crippen LogP contribution in [0.2, 0.25) is 0 Å². The number of carboxylic acid groups (broad SMARTS) is 1. The molecule has 206 valence electrons. The first-order chi connectivity index (χ1) is 18.8. The normalized spacial score (nSPS) is 22.1. The summed E-state index contributed by atoms with van der Waals surface area (Å²) in [6.45, 7) is 0.310. The van der Waals surface area contributed by atoms with Crippen LogP contribution in [0.3, 0.4) is 0 Å². The van der Waals surface area contributed by atoms with E-state index >= 15 is 0 Å². The smallest absolute Gasteiger partial charge is 0.352 e. The number of hydrogen-bond acceptors (Lipinski definition) is 15. The number of carbonyl (C=O) groups excluding carboxylic acids is 2. The zero-order chi connectivity index (χ0) is 27.7. The highest BCUT2D eigenvalue weighted by molar-refractivity contribution is 8.03. The molecule has 15 nitrogen and oxygen atoms in total. The summed E-state index contributed by atoms with van der Waals surface area (Å²) in [6.07, 6.45) is 7.39. The van der Waals surface area contributed by atoms with Crippen molar-refractivity contribution in [2.45, 2.75) is 11.4 Å². The number of nitrogens with two attached hydrogens (primary N) is 1. The Morgan fingerprint density at radius 3 is 2.90 bits per heavy atom. The Labute approximate surface area is 234 Å². The molecule has 0 spiro atoms. The summed E-state index contributed by atoms with van der Waals surface area (Å²) in [7, 11) is 1.25. The van der Waals surface area contributed by atoms with E-state index in [1.807, 2.05) is 29.5 Å². The fraction of sp³-hybridized carbons (Fsp3) is 0.333. The lowest BCUT2D eigenvalue weighted by atomic mass is 10.0. The van der Waals surface area contributed by atoms with Gasteiger partial charge in [0.25, 0.3) is 11.8 Å². The number of aliphatic carboxylic acids is 1. The molecule has 4 aliphatic heterocycles. The van der Waals surface area contributed by atoms with Crippen molar-refractivity contribution in [3.05, 3.63) is 52.5 Å². The Morgan fingerprint density at radius 2 is 2.21 bits per heavy atom. The Balaban J connectivity index is 1.30. The molecule has 0 radical (unpaired) electrons. The zero-order valence-electron chi connectivity index (χ0n) is 20.3. The van der Waals surface area contributed by atoms with Crippen molar-refractivity contribution >= 4 is 63.7 Å². The van der Waals surface area contributed by atoms with Crippen LogP contribution < -0.4 is 16.5 Å². The average molecular weight is 594 g/mol. The number of hydrazine groups is 1. The molecular formula is C21H23N9O6S3. The van der Waals surface area contributed by atoms with Crippen LogP contribution in [-0.2, 0) is 19.2 Å². The number of β-lactam (4-membered cyclic amide) rings is 1. The minimum Gasteiger partial charge on any atom is -0.477 e. The fourth-order valence-electron chi connectivity index (χ4n) is 4.21. The number of carboxylic acids is 1. The summed E-state index contributed by atoms with van der Waals surface area (Å²) in [5.74, 6) is -0.891. The number of aliphatic hydroxyl groups is 1. The molecule has 39 heavy (non-hydrogen) atoms. The molecule has 2 atom stereocenters. The van der Waals surface area contributed by atoms with Gasteiger partial charge in [0.05, 0.1) is 11.6 Å². The van der Waals surface area contributed by atoms with Crippen molar-refractivity contribution in [1.82, 2.24) is 34.9 Å². The number of nitrogen functional groups attached to an aromatic ring is 1. The molecule has 5 rings (SSSR count). The van der Waals surface area contributed by atoms with Gasteiger partial charge in [-0.1, -0.05) is 5.16 Å². The number of anilines is 1. The minimum absolute atomic E-state index is 0.0432. The molecule has 6 N–H and O–H groups in total. The van der Waals surface area contributed by atoms with E-state index in [2.05, 4.69) is 25.3 Å². The highest BCUT2D eigenvalue weighted by Gasteiger charge is 2.54. The second-order valence-corrected chi connectivity index (χ2v) is 11.3. The number of thioether (sulfide) groups is 2.